The van der Waals surface area contributed by atoms with Crippen molar-refractivity contribution in [1.29, 1.82) is 0 Å². The number of ether oxygens (including phenoxy) is 4. The van der Waals surface area contributed by atoms with Crippen LogP contribution in [0.3, 0.4) is 0 Å². The van der Waals surface area contributed by atoms with Crippen molar-refractivity contribution in [3.8, 4) is 11.5 Å². The van der Waals surface area contributed by atoms with Gasteiger partial charge in [0, 0.05) is 0 Å². The van der Waals surface area contributed by atoms with E-state index >= 15 is 0 Å². The molecule has 4 fully saturated rings. The maximum Gasteiger partial charge on any atom is 0.122 e. The highest BCUT2D eigenvalue weighted by atomic mass is 16.6. The summed E-state index contributed by atoms with van der Waals surface area (Å²) in [6, 6.07) is 16.0. The van der Waals surface area contributed by atoms with Crippen molar-refractivity contribution < 1.29 is 18.9 Å². The molecule has 0 amide bonds. The van der Waals surface area contributed by atoms with Crippen molar-refractivity contribution in [3.63, 3.8) is 0 Å². The maximum absolute atomic E-state index is 6.30. The van der Waals surface area contributed by atoms with E-state index in [1.54, 1.807) is 0 Å². The average molecular weight is 491 g/mol. The van der Waals surface area contributed by atoms with Gasteiger partial charge in [-0.25, -0.2) is 0 Å². The number of hydrogen-bond acceptors (Lipinski definition) is 4. The van der Waals surface area contributed by atoms with E-state index in [1.807, 2.05) is 0 Å². The number of epoxide rings is 2. The zero-order chi connectivity index (χ0) is 24.2. The molecule has 2 aromatic rings. The molecule has 2 atom stereocenters. The van der Waals surface area contributed by atoms with E-state index in [-0.39, 0.29) is 0 Å². The highest BCUT2D eigenvalue weighted by molar-refractivity contribution is 5.41. The second-order valence-corrected chi connectivity index (χ2v) is 11.5. The molecule has 0 aromatic heterocycles. The second kappa shape index (κ2) is 11.6. The van der Waals surface area contributed by atoms with Crippen LogP contribution in [-0.4, -0.2) is 38.6 Å². The first-order chi connectivity index (χ1) is 17.8. The van der Waals surface area contributed by atoms with Crippen LogP contribution >= 0.6 is 0 Å². The molecule has 4 heteroatoms. The molecule has 2 aliphatic heterocycles. The van der Waals surface area contributed by atoms with Gasteiger partial charge in [-0.3, -0.25) is 0 Å². The van der Waals surface area contributed by atoms with Crippen LogP contribution in [-0.2, 0) is 9.47 Å². The Balaban J connectivity index is 1.10. The molecular weight excluding hydrogens is 448 g/mol. The molecule has 36 heavy (non-hydrogen) atoms. The fourth-order valence-corrected chi connectivity index (χ4v) is 6.34. The van der Waals surface area contributed by atoms with Gasteiger partial charge < -0.3 is 18.9 Å². The van der Waals surface area contributed by atoms with Crippen molar-refractivity contribution in [2.45, 2.75) is 101 Å². The molecule has 2 heterocycles. The van der Waals surface area contributed by atoms with Crippen molar-refractivity contribution >= 4 is 0 Å². The molecule has 0 bridgehead atoms. The van der Waals surface area contributed by atoms with Crippen LogP contribution < -0.4 is 9.47 Å². The Morgan fingerprint density at radius 1 is 0.583 bits per heavy atom. The van der Waals surface area contributed by atoms with Crippen molar-refractivity contribution in [3.05, 3.63) is 59.2 Å². The lowest BCUT2D eigenvalue weighted by Gasteiger charge is -2.30. The Bertz CT molecular complexity index is 962. The predicted octanol–water partition coefficient (Wildman–Crippen LogP) is 7.51. The van der Waals surface area contributed by atoms with Gasteiger partial charge in [0.15, 0.2) is 0 Å². The monoisotopic (exact) mass is 490 g/mol. The van der Waals surface area contributed by atoms with Crippen LogP contribution in [0.25, 0.3) is 0 Å². The molecule has 0 radical (unpaired) electrons. The summed E-state index contributed by atoms with van der Waals surface area (Å²) in [5.41, 5.74) is 4.47. The molecule has 194 valence electrons. The minimum atomic E-state index is 0.304. The van der Waals surface area contributed by atoms with Crippen LogP contribution in [0.15, 0.2) is 42.5 Å². The Morgan fingerprint density at radius 2 is 1.14 bits per heavy atom. The van der Waals surface area contributed by atoms with Crippen LogP contribution in [0.5, 0.6) is 11.5 Å². The molecule has 4 aliphatic rings. The summed E-state index contributed by atoms with van der Waals surface area (Å²) in [6.45, 7) is 3.06. The molecule has 2 saturated heterocycles. The Kier molecular flexibility index (Phi) is 7.81. The van der Waals surface area contributed by atoms with Crippen LogP contribution in [0.1, 0.15) is 105 Å². The zero-order valence-electron chi connectivity index (χ0n) is 21.7. The van der Waals surface area contributed by atoms with E-state index in [0.29, 0.717) is 43.2 Å². The lowest BCUT2D eigenvalue weighted by atomic mass is 9.75. The third-order valence-corrected chi connectivity index (χ3v) is 8.79. The summed E-state index contributed by atoms with van der Waals surface area (Å²) in [7, 11) is 0. The van der Waals surface area contributed by atoms with Gasteiger partial charge in [0.1, 0.15) is 36.9 Å². The van der Waals surface area contributed by atoms with Gasteiger partial charge in [0.2, 0.25) is 0 Å². The topological polar surface area (TPSA) is 43.5 Å². The maximum atomic E-state index is 6.30. The zero-order valence-corrected chi connectivity index (χ0v) is 21.7. The minimum Gasteiger partial charge on any atom is -0.491 e. The average Bonchev–Trinajstić information content (AvgIpc) is 3.82. The molecule has 2 aromatic carbocycles. The first kappa shape index (κ1) is 24.3. The first-order valence-electron chi connectivity index (χ1n) is 14.5. The van der Waals surface area contributed by atoms with Gasteiger partial charge in [-0.1, -0.05) is 56.4 Å². The van der Waals surface area contributed by atoms with E-state index in [9.17, 15) is 0 Å². The number of hydrogen-bond donors (Lipinski definition) is 0. The van der Waals surface area contributed by atoms with E-state index in [4.69, 9.17) is 18.9 Å². The number of rotatable bonds is 9. The van der Waals surface area contributed by atoms with Gasteiger partial charge in [0.05, 0.1) is 13.2 Å². The fraction of sp³-hybridized carbons (Fsp3) is 0.625. The largest absolute Gasteiger partial charge is 0.491 e. The SMILES string of the molecule is c1cc(C2CCC(c3ccc(OCC4CO4)c(C4CCCCCCC4)c3)CC2)ccc1OCC1CO1. The van der Waals surface area contributed by atoms with Gasteiger partial charge >= 0.3 is 0 Å². The molecule has 2 unspecified atom stereocenters. The molecule has 4 nitrogen and oxygen atoms in total. The van der Waals surface area contributed by atoms with Crippen LogP contribution in [0.4, 0.5) is 0 Å². The Morgan fingerprint density at radius 3 is 1.78 bits per heavy atom. The second-order valence-electron chi connectivity index (χ2n) is 11.5. The number of benzene rings is 2. The summed E-state index contributed by atoms with van der Waals surface area (Å²) >= 11 is 0. The van der Waals surface area contributed by atoms with E-state index in [1.165, 1.54) is 87.3 Å². The lowest BCUT2D eigenvalue weighted by molar-refractivity contribution is 0.258. The minimum absolute atomic E-state index is 0.304. The van der Waals surface area contributed by atoms with Crippen molar-refractivity contribution in [2.75, 3.05) is 26.4 Å². The summed E-state index contributed by atoms with van der Waals surface area (Å²) in [6.07, 6.45) is 15.1. The predicted molar refractivity (Wildman–Crippen MR) is 142 cm³/mol. The van der Waals surface area contributed by atoms with Crippen LogP contribution in [0.2, 0.25) is 0 Å². The summed E-state index contributed by atoms with van der Waals surface area (Å²) in [5, 5.41) is 0. The van der Waals surface area contributed by atoms with Gasteiger partial charge in [-0.2, -0.15) is 0 Å². The Labute approximate surface area is 216 Å². The third-order valence-electron chi connectivity index (χ3n) is 8.79. The fourth-order valence-electron chi connectivity index (χ4n) is 6.34. The molecule has 6 rings (SSSR count). The molecule has 2 aliphatic carbocycles. The molecular formula is C32H42O4. The first-order valence-corrected chi connectivity index (χ1v) is 14.5. The van der Waals surface area contributed by atoms with Gasteiger partial charge in [-0.05, 0) is 91.2 Å². The quantitative estimate of drug-likeness (QED) is 0.341. The summed E-state index contributed by atoms with van der Waals surface area (Å²) in [5.74, 6) is 4.04. The van der Waals surface area contributed by atoms with Crippen molar-refractivity contribution in [1.82, 2.24) is 0 Å². The smallest absolute Gasteiger partial charge is 0.122 e. The van der Waals surface area contributed by atoms with Crippen LogP contribution in [0, 0.1) is 0 Å². The van der Waals surface area contributed by atoms with E-state index < -0.39 is 0 Å². The summed E-state index contributed by atoms with van der Waals surface area (Å²) < 4.78 is 22.8. The van der Waals surface area contributed by atoms with Crippen molar-refractivity contribution in [2.24, 2.45) is 0 Å². The molecule has 0 spiro atoms. The summed E-state index contributed by atoms with van der Waals surface area (Å²) in [4.78, 5) is 0. The standard InChI is InChI=1S/C32H42O4/c1-2-4-6-26(7-5-3-1)31-18-27(14-17-32(31)36-22-30-21-35-30)25-10-8-23(9-11-25)24-12-15-28(16-13-24)33-19-29-20-34-29/h12-18,23,25-26,29-30H,1-11,19-22H2. The molecule has 2 saturated carbocycles. The van der Waals surface area contributed by atoms with E-state index in [2.05, 4.69) is 42.5 Å². The van der Waals surface area contributed by atoms with E-state index in [0.717, 1.165) is 24.7 Å². The molecule has 0 N–H and O–H groups in total. The van der Waals surface area contributed by atoms with Gasteiger partial charge in [0.25, 0.3) is 0 Å². The normalized spacial score (nSPS) is 28.7. The lowest BCUT2D eigenvalue weighted by Crippen LogP contribution is -2.14. The Hall–Kier alpha value is -2.04. The van der Waals surface area contributed by atoms with Gasteiger partial charge in [-0.15, -0.1) is 0 Å². The highest BCUT2D eigenvalue weighted by Gasteiger charge is 2.28. The highest BCUT2D eigenvalue weighted by Crippen LogP contribution is 2.44. The third kappa shape index (κ3) is 6.44.